The average molecular weight is 613 g/mol. The Bertz CT molecular complexity index is 1480. The number of alkyl halides is 2. The zero-order valence-electron chi connectivity index (χ0n) is 24.8. The fourth-order valence-electron chi connectivity index (χ4n) is 5.34. The molecule has 3 aromatic rings. The summed E-state index contributed by atoms with van der Waals surface area (Å²) in [7, 11) is 0. The van der Waals surface area contributed by atoms with Crippen molar-refractivity contribution in [2.45, 2.75) is 58.7 Å². The fraction of sp³-hybridized carbons (Fsp3) is 0.382. The van der Waals surface area contributed by atoms with Crippen LogP contribution in [0.15, 0.2) is 54.6 Å². The van der Waals surface area contributed by atoms with Crippen LogP contribution in [0.2, 0.25) is 5.02 Å². The first kappa shape index (κ1) is 32.6. The zero-order valence-corrected chi connectivity index (χ0v) is 25.6. The number of carboxylic acid groups (broad SMARTS) is 1. The summed E-state index contributed by atoms with van der Waals surface area (Å²) in [6, 6.07) is 14.9. The maximum atomic E-state index is 13.5. The van der Waals surface area contributed by atoms with Gasteiger partial charge < -0.3 is 14.9 Å². The Balaban J connectivity index is 1.43. The lowest BCUT2D eigenvalue weighted by atomic mass is 9.91. The lowest BCUT2D eigenvalue weighted by molar-refractivity contribution is -0.140. The minimum Gasteiger partial charge on any atom is -0.487 e. The first-order valence-corrected chi connectivity index (χ1v) is 14.8. The number of aliphatic hydroxyl groups is 1. The lowest BCUT2D eigenvalue weighted by Gasteiger charge is -2.17. The third-order valence-corrected chi connectivity index (χ3v) is 8.36. The molecule has 1 aliphatic rings. The summed E-state index contributed by atoms with van der Waals surface area (Å²) < 4.78 is 33.0. The molecule has 1 aliphatic heterocycles. The van der Waals surface area contributed by atoms with Crippen LogP contribution >= 0.6 is 11.6 Å². The number of aliphatic hydroxyl groups excluding tert-OH is 1. The minimum absolute atomic E-state index is 0.0549. The highest BCUT2D eigenvalue weighted by Crippen LogP contribution is 2.33. The number of rotatable bonds is 13. The van der Waals surface area contributed by atoms with E-state index >= 15 is 0 Å². The van der Waals surface area contributed by atoms with Crippen molar-refractivity contribution in [2.24, 2.45) is 0 Å². The van der Waals surface area contributed by atoms with Gasteiger partial charge in [-0.2, -0.15) is 0 Å². The van der Waals surface area contributed by atoms with Gasteiger partial charge in [-0.1, -0.05) is 60.2 Å². The maximum Gasteiger partial charge on any atom is 0.323 e. The van der Waals surface area contributed by atoms with Gasteiger partial charge in [0.05, 0.1) is 18.2 Å². The molecule has 1 fully saturated rings. The predicted octanol–water partition coefficient (Wildman–Crippen LogP) is 6.79. The average Bonchev–Trinajstić information content (AvgIpc) is 3.31. The van der Waals surface area contributed by atoms with Crippen LogP contribution in [0.3, 0.4) is 0 Å². The maximum absolute atomic E-state index is 13.5. The first-order chi connectivity index (χ1) is 20.5. The lowest BCUT2D eigenvalue weighted by Crippen LogP contribution is -2.39. The smallest absolute Gasteiger partial charge is 0.323 e. The van der Waals surface area contributed by atoms with Crippen molar-refractivity contribution in [1.29, 1.82) is 0 Å². The molecule has 0 unspecified atom stereocenters. The van der Waals surface area contributed by atoms with Crippen LogP contribution < -0.4 is 10.1 Å². The molecule has 3 aromatic carbocycles. The molecule has 0 bridgehead atoms. The molecule has 0 aromatic heterocycles. The Morgan fingerprint density at radius 1 is 1.12 bits per heavy atom. The fourth-order valence-corrected chi connectivity index (χ4v) is 5.58. The van der Waals surface area contributed by atoms with E-state index in [1.54, 1.807) is 6.07 Å². The first-order valence-electron chi connectivity index (χ1n) is 14.4. The predicted molar refractivity (Wildman–Crippen MR) is 167 cm³/mol. The number of aryl methyl sites for hydroxylation is 1. The topological polar surface area (TPSA) is 82.0 Å². The molecule has 0 spiro atoms. The third-order valence-electron chi connectivity index (χ3n) is 8.06. The number of aliphatic carboxylic acids is 1. The van der Waals surface area contributed by atoms with Crippen molar-refractivity contribution in [3.8, 4) is 16.9 Å². The molecule has 6 nitrogen and oxygen atoms in total. The zero-order chi connectivity index (χ0) is 31.1. The number of carboxylic acids is 1. The van der Waals surface area contributed by atoms with E-state index in [2.05, 4.69) is 49.5 Å². The van der Waals surface area contributed by atoms with Crippen LogP contribution in [0.4, 0.5) is 8.78 Å². The Kier molecular flexibility index (Phi) is 11.0. The van der Waals surface area contributed by atoms with Crippen molar-refractivity contribution < 1.29 is 28.5 Å². The van der Waals surface area contributed by atoms with E-state index in [0.717, 1.165) is 50.9 Å². The van der Waals surface area contributed by atoms with Crippen molar-refractivity contribution in [2.75, 3.05) is 26.2 Å². The van der Waals surface area contributed by atoms with Crippen LogP contribution in [0.5, 0.6) is 5.75 Å². The summed E-state index contributed by atoms with van der Waals surface area (Å²) >= 11 is 6.53. The monoisotopic (exact) mass is 612 g/mol. The van der Waals surface area contributed by atoms with Crippen molar-refractivity contribution >= 4 is 23.6 Å². The van der Waals surface area contributed by atoms with Gasteiger partial charge in [0.1, 0.15) is 18.4 Å². The number of likely N-dealkylation sites (tertiary alicyclic amines) is 1. The van der Waals surface area contributed by atoms with Crippen LogP contribution in [0, 0.1) is 20.8 Å². The molecule has 9 heteroatoms. The van der Waals surface area contributed by atoms with E-state index < -0.39 is 24.5 Å². The SMILES string of the molecule is Cc1cc(OCc2cccc(-c3cccc(C=CCCN4CCC(F)(F)C4)c3C)c2C)c(Cl)cc1CN[C@@H](CO)C(=O)O. The van der Waals surface area contributed by atoms with Crippen molar-refractivity contribution in [3.05, 3.63) is 93.0 Å². The van der Waals surface area contributed by atoms with Crippen LogP contribution in [-0.4, -0.2) is 59.3 Å². The highest BCUT2D eigenvalue weighted by molar-refractivity contribution is 6.32. The van der Waals surface area contributed by atoms with E-state index in [1.807, 2.05) is 36.1 Å². The Morgan fingerprint density at radius 3 is 2.51 bits per heavy atom. The highest BCUT2D eigenvalue weighted by atomic mass is 35.5. The third kappa shape index (κ3) is 8.42. The van der Waals surface area contributed by atoms with Gasteiger partial charge in [0.25, 0.3) is 5.92 Å². The molecule has 1 heterocycles. The van der Waals surface area contributed by atoms with E-state index in [1.165, 1.54) is 0 Å². The number of benzene rings is 3. The summed E-state index contributed by atoms with van der Waals surface area (Å²) in [6.45, 7) is 7.05. The van der Waals surface area contributed by atoms with E-state index in [9.17, 15) is 18.7 Å². The summed E-state index contributed by atoms with van der Waals surface area (Å²) in [6.07, 6.45) is 4.80. The number of carbonyl (C=O) groups is 1. The largest absolute Gasteiger partial charge is 0.487 e. The molecule has 0 aliphatic carbocycles. The van der Waals surface area contributed by atoms with Gasteiger partial charge in [0, 0.05) is 26.1 Å². The molecule has 0 saturated carbocycles. The standard InChI is InChI=1S/C34H39ClF2N2O4/c1-22-16-32(30(35)17-27(22)18-38-31(19-40)33(41)42)43-20-26-10-7-12-29(24(26)3)28-11-6-9-25(23(28)2)8-4-5-14-39-15-13-34(36,37)21-39/h4,6-12,16-17,31,38,40H,5,13-15,18-21H2,1-3H3,(H,41,42)/t31-/m0/s1. The Morgan fingerprint density at radius 2 is 1.84 bits per heavy atom. The quantitative estimate of drug-likeness (QED) is 0.197. The molecule has 230 valence electrons. The van der Waals surface area contributed by atoms with Crippen LogP contribution in [-0.2, 0) is 17.9 Å². The molecule has 43 heavy (non-hydrogen) atoms. The van der Waals surface area contributed by atoms with Gasteiger partial charge in [0.15, 0.2) is 0 Å². The van der Waals surface area contributed by atoms with Gasteiger partial charge >= 0.3 is 5.97 Å². The number of halogens is 3. The van der Waals surface area contributed by atoms with Crippen molar-refractivity contribution in [1.82, 2.24) is 10.2 Å². The number of nitrogens with zero attached hydrogens (tertiary/aromatic N) is 1. The molecule has 1 saturated heterocycles. The van der Waals surface area contributed by atoms with Gasteiger partial charge in [-0.15, -0.1) is 0 Å². The summed E-state index contributed by atoms with van der Waals surface area (Å²) in [5.41, 5.74) is 8.28. The summed E-state index contributed by atoms with van der Waals surface area (Å²) in [4.78, 5) is 13.0. The van der Waals surface area contributed by atoms with Crippen molar-refractivity contribution in [3.63, 3.8) is 0 Å². The number of hydrogen-bond acceptors (Lipinski definition) is 5. The van der Waals surface area contributed by atoms with E-state index in [0.29, 0.717) is 30.5 Å². The normalized spacial score (nSPS) is 15.7. The van der Waals surface area contributed by atoms with Gasteiger partial charge in [0.2, 0.25) is 0 Å². The van der Waals surface area contributed by atoms with Crippen LogP contribution in [0.1, 0.15) is 46.2 Å². The summed E-state index contributed by atoms with van der Waals surface area (Å²) in [5.74, 6) is -3.15. The number of ether oxygens (including phenoxy) is 1. The van der Waals surface area contributed by atoms with Gasteiger partial charge in [-0.3, -0.25) is 15.0 Å². The minimum atomic E-state index is -2.56. The molecule has 0 amide bonds. The van der Waals surface area contributed by atoms with Gasteiger partial charge in [-0.25, -0.2) is 8.78 Å². The molecule has 1 atom stereocenters. The number of hydrogen-bond donors (Lipinski definition) is 3. The molecule has 3 N–H and O–H groups in total. The van der Waals surface area contributed by atoms with Gasteiger partial charge in [-0.05, 0) is 83.8 Å². The highest BCUT2D eigenvalue weighted by Gasteiger charge is 2.37. The molecular weight excluding hydrogens is 574 g/mol. The Labute approximate surface area is 256 Å². The Hall–Kier alpha value is -3.30. The second kappa shape index (κ2) is 14.4. The second-order valence-electron chi connectivity index (χ2n) is 11.1. The van der Waals surface area contributed by atoms with E-state index in [-0.39, 0.29) is 19.5 Å². The van der Waals surface area contributed by atoms with E-state index in [4.69, 9.17) is 21.4 Å². The molecule has 4 rings (SSSR count). The molecule has 0 radical (unpaired) electrons. The number of nitrogens with one attached hydrogen (secondary N) is 1. The summed E-state index contributed by atoms with van der Waals surface area (Å²) in [5, 5.41) is 21.6. The second-order valence-corrected chi connectivity index (χ2v) is 11.5. The van der Waals surface area contributed by atoms with Crippen LogP contribution in [0.25, 0.3) is 17.2 Å². The molecular formula is C34H39ClF2N2O4.